The first-order chi connectivity index (χ1) is 11.1. The van der Waals surface area contributed by atoms with E-state index in [9.17, 15) is 9.90 Å². The highest BCUT2D eigenvalue weighted by Gasteiger charge is 2.21. The zero-order valence-corrected chi connectivity index (χ0v) is 14.1. The van der Waals surface area contributed by atoms with E-state index < -0.39 is 6.10 Å². The third-order valence-corrected chi connectivity index (χ3v) is 4.55. The number of rotatable bonds is 10. The van der Waals surface area contributed by atoms with Gasteiger partial charge in [0.05, 0.1) is 12.2 Å². The number of nitrogens with one attached hydrogen (secondary N) is 2. The fraction of sp³-hybridized carbons (Fsp3) is 0.882. The first-order valence-corrected chi connectivity index (χ1v) is 8.95. The standard InChI is InChI=1S/C17H32N4O2/c18-10-6-1-2-7-11-20-17(23)21-13-16(22)15(19)12-14-8-4-3-5-9-14/h14-16,22H,1-9,11-13,19H2,(H2,20,21,23)/t15-,16+/m0/s1. The van der Waals surface area contributed by atoms with Gasteiger partial charge in [-0.2, -0.15) is 5.26 Å². The van der Waals surface area contributed by atoms with Gasteiger partial charge in [-0.3, -0.25) is 0 Å². The second kappa shape index (κ2) is 12.1. The molecule has 0 aromatic carbocycles. The van der Waals surface area contributed by atoms with Gasteiger partial charge in [-0.25, -0.2) is 4.79 Å². The first kappa shape index (κ1) is 19.7. The molecule has 0 bridgehead atoms. The van der Waals surface area contributed by atoms with Crippen molar-refractivity contribution in [3.63, 3.8) is 0 Å². The third kappa shape index (κ3) is 9.42. The zero-order valence-electron chi connectivity index (χ0n) is 14.1. The predicted octanol–water partition coefficient (Wildman–Crippen LogP) is 2.03. The zero-order chi connectivity index (χ0) is 16.9. The molecule has 1 saturated carbocycles. The van der Waals surface area contributed by atoms with E-state index in [0.717, 1.165) is 25.7 Å². The quantitative estimate of drug-likeness (QED) is 0.461. The molecule has 0 spiro atoms. The van der Waals surface area contributed by atoms with Crippen molar-refractivity contribution in [1.82, 2.24) is 10.6 Å². The molecule has 0 unspecified atom stereocenters. The smallest absolute Gasteiger partial charge is 0.314 e. The molecule has 1 fully saturated rings. The molecule has 5 N–H and O–H groups in total. The molecule has 0 aromatic heterocycles. The number of aliphatic hydroxyl groups excluding tert-OH is 1. The topological polar surface area (TPSA) is 111 Å². The van der Waals surface area contributed by atoms with E-state index in [0.29, 0.717) is 18.9 Å². The van der Waals surface area contributed by atoms with Gasteiger partial charge in [0.2, 0.25) is 0 Å². The Labute approximate surface area is 139 Å². The van der Waals surface area contributed by atoms with Crippen molar-refractivity contribution in [2.45, 2.75) is 76.4 Å². The monoisotopic (exact) mass is 324 g/mol. The van der Waals surface area contributed by atoms with Crippen molar-refractivity contribution < 1.29 is 9.90 Å². The van der Waals surface area contributed by atoms with E-state index in [4.69, 9.17) is 11.0 Å². The van der Waals surface area contributed by atoms with E-state index in [-0.39, 0.29) is 18.6 Å². The first-order valence-electron chi connectivity index (χ1n) is 8.95. The van der Waals surface area contributed by atoms with E-state index in [1.165, 1.54) is 32.1 Å². The Morgan fingerprint density at radius 3 is 2.65 bits per heavy atom. The maximum atomic E-state index is 11.6. The molecule has 1 aliphatic carbocycles. The summed E-state index contributed by atoms with van der Waals surface area (Å²) in [5, 5.41) is 23.9. The molecule has 1 rings (SSSR count). The number of nitrogens with two attached hydrogens (primary N) is 1. The Kier molecular flexibility index (Phi) is 10.4. The summed E-state index contributed by atoms with van der Waals surface area (Å²) in [6.45, 7) is 0.773. The molecule has 6 heteroatoms. The highest BCUT2D eigenvalue weighted by Crippen LogP contribution is 2.27. The summed E-state index contributed by atoms with van der Waals surface area (Å²) >= 11 is 0. The number of hydrogen-bond acceptors (Lipinski definition) is 4. The minimum Gasteiger partial charge on any atom is -0.390 e. The molecule has 0 radical (unpaired) electrons. The lowest BCUT2D eigenvalue weighted by Gasteiger charge is -2.27. The highest BCUT2D eigenvalue weighted by molar-refractivity contribution is 5.73. The van der Waals surface area contributed by atoms with Gasteiger partial charge in [0, 0.05) is 25.6 Å². The normalized spacial score (nSPS) is 18.0. The SMILES string of the molecule is N#CCCCCCNC(=O)NC[C@@H](O)[C@@H](N)CC1CCCCC1. The molecule has 0 aromatic rings. The van der Waals surface area contributed by atoms with Crippen LogP contribution in [0.25, 0.3) is 0 Å². The van der Waals surface area contributed by atoms with Gasteiger partial charge >= 0.3 is 6.03 Å². The molecule has 2 amide bonds. The average molecular weight is 324 g/mol. The van der Waals surface area contributed by atoms with Crippen molar-refractivity contribution in [2.75, 3.05) is 13.1 Å². The molecule has 0 aliphatic heterocycles. The lowest BCUT2D eigenvalue weighted by Crippen LogP contribution is -2.47. The van der Waals surface area contributed by atoms with Gasteiger partial charge in [-0.05, 0) is 25.2 Å². The van der Waals surface area contributed by atoms with Gasteiger partial charge in [-0.1, -0.05) is 38.5 Å². The number of unbranched alkanes of at least 4 members (excludes halogenated alkanes) is 3. The molecule has 2 atom stereocenters. The average Bonchev–Trinajstić information content (AvgIpc) is 2.56. The van der Waals surface area contributed by atoms with E-state index in [1.54, 1.807) is 0 Å². The summed E-state index contributed by atoms with van der Waals surface area (Å²) < 4.78 is 0. The van der Waals surface area contributed by atoms with Gasteiger partial charge in [-0.15, -0.1) is 0 Å². The number of nitrogens with zero attached hydrogens (tertiary/aromatic N) is 1. The number of amides is 2. The number of nitriles is 1. The van der Waals surface area contributed by atoms with E-state index in [1.807, 2.05) is 0 Å². The van der Waals surface area contributed by atoms with Crippen LogP contribution in [0.4, 0.5) is 4.79 Å². The fourth-order valence-electron chi connectivity index (χ4n) is 3.08. The second-order valence-corrected chi connectivity index (χ2v) is 6.58. The summed E-state index contributed by atoms with van der Waals surface area (Å²) in [6, 6.07) is 1.56. The lowest BCUT2D eigenvalue weighted by molar-refractivity contribution is 0.126. The molecule has 0 saturated heterocycles. The Hall–Kier alpha value is -1.32. The van der Waals surface area contributed by atoms with Crippen LogP contribution in [-0.2, 0) is 0 Å². The second-order valence-electron chi connectivity index (χ2n) is 6.58. The van der Waals surface area contributed by atoms with Crippen LogP contribution in [0, 0.1) is 17.2 Å². The Bertz CT molecular complexity index is 364. The summed E-state index contributed by atoms with van der Waals surface area (Å²) in [5.41, 5.74) is 6.05. The largest absolute Gasteiger partial charge is 0.390 e. The number of hydrogen-bond donors (Lipinski definition) is 4. The fourth-order valence-corrected chi connectivity index (χ4v) is 3.08. The minimum absolute atomic E-state index is 0.189. The Balaban J connectivity index is 2.05. The van der Waals surface area contributed by atoms with Gasteiger partial charge in [0.15, 0.2) is 0 Å². The van der Waals surface area contributed by atoms with Crippen LogP contribution in [0.1, 0.15) is 64.2 Å². The van der Waals surface area contributed by atoms with Crippen LogP contribution in [0.2, 0.25) is 0 Å². The maximum absolute atomic E-state index is 11.6. The van der Waals surface area contributed by atoms with Crippen molar-refractivity contribution in [3.8, 4) is 6.07 Å². The number of carbonyl (C=O) groups is 1. The molecule has 6 nitrogen and oxygen atoms in total. The lowest BCUT2D eigenvalue weighted by atomic mass is 9.84. The predicted molar refractivity (Wildman–Crippen MR) is 90.7 cm³/mol. The van der Waals surface area contributed by atoms with Crippen LogP contribution >= 0.6 is 0 Å². The van der Waals surface area contributed by atoms with Gasteiger partial charge in [0.25, 0.3) is 0 Å². The van der Waals surface area contributed by atoms with Crippen LogP contribution in [0.5, 0.6) is 0 Å². The summed E-state index contributed by atoms with van der Waals surface area (Å²) in [7, 11) is 0. The number of aliphatic hydroxyl groups is 1. The van der Waals surface area contributed by atoms with Gasteiger partial charge < -0.3 is 21.5 Å². The minimum atomic E-state index is -0.696. The summed E-state index contributed by atoms with van der Waals surface area (Å²) in [4.78, 5) is 11.6. The molecule has 23 heavy (non-hydrogen) atoms. The molecular weight excluding hydrogens is 292 g/mol. The third-order valence-electron chi connectivity index (χ3n) is 4.55. The van der Waals surface area contributed by atoms with Crippen LogP contribution in [0.15, 0.2) is 0 Å². The van der Waals surface area contributed by atoms with E-state index in [2.05, 4.69) is 16.7 Å². The van der Waals surface area contributed by atoms with Gasteiger partial charge in [0.1, 0.15) is 0 Å². The Morgan fingerprint density at radius 1 is 1.22 bits per heavy atom. The molecule has 1 aliphatic rings. The number of carbonyl (C=O) groups excluding carboxylic acids is 1. The molecular formula is C17H32N4O2. The van der Waals surface area contributed by atoms with Crippen LogP contribution in [-0.4, -0.2) is 36.4 Å². The maximum Gasteiger partial charge on any atom is 0.314 e. The summed E-state index contributed by atoms with van der Waals surface area (Å²) in [5.74, 6) is 0.621. The van der Waals surface area contributed by atoms with Crippen molar-refractivity contribution in [2.24, 2.45) is 11.7 Å². The van der Waals surface area contributed by atoms with Crippen molar-refractivity contribution in [3.05, 3.63) is 0 Å². The van der Waals surface area contributed by atoms with Crippen LogP contribution in [0.3, 0.4) is 0 Å². The highest BCUT2D eigenvalue weighted by atomic mass is 16.3. The summed E-state index contributed by atoms with van der Waals surface area (Å²) in [6.07, 6.45) is 9.63. The van der Waals surface area contributed by atoms with Crippen molar-refractivity contribution in [1.29, 1.82) is 5.26 Å². The number of urea groups is 1. The Morgan fingerprint density at radius 2 is 1.96 bits per heavy atom. The molecule has 0 heterocycles. The van der Waals surface area contributed by atoms with E-state index >= 15 is 0 Å². The molecule has 132 valence electrons. The van der Waals surface area contributed by atoms with Crippen molar-refractivity contribution >= 4 is 6.03 Å². The van der Waals surface area contributed by atoms with Crippen LogP contribution < -0.4 is 16.4 Å².